The van der Waals surface area contributed by atoms with E-state index in [0.717, 1.165) is 23.2 Å². The van der Waals surface area contributed by atoms with Crippen molar-refractivity contribution in [3.63, 3.8) is 0 Å². The van der Waals surface area contributed by atoms with Gasteiger partial charge in [0, 0.05) is 11.1 Å². The summed E-state index contributed by atoms with van der Waals surface area (Å²) < 4.78 is 0. The number of anilines is 1. The van der Waals surface area contributed by atoms with E-state index in [1.165, 1.54) is 27.6 Å². The Hall–Kier alpha value is -3.85. The van der Waals surface area contributed by atoms with Gasteiger partial charge in [0.15, 0.2) is 5.96 Å². The Bertz CT molecular complexity index is 1290. The lowest BCUT2D eigenvalue weighted by molar-refractivity contribution is 0.759. The summed E-state index contributed by atoms with van der Waals surface area (Å²) in [6, 6.07) is 29.5. The van der Waals surface area contributed by atoms with Crippen molar-refractivity contribution in [1.29, 1.82) is 0 Å². The number of nitrogens with one attached hydrogen (secondary N) is 1. The third kappa shape index (κ3) is 3.95. The highest BCUT2D eigenvalue weighted by molar-refractivity contribution is 6.09. The van der Waals surface area contributed by atoms with Gasteiger partial charge >= 0.3 is 0 Å². The van der Waals surface area contributed by atoms with Gasteiger partial charge in [-0.2, -0.15) is 0 Å². The lowest BCUT2D eigenvalue weighted by Gasteiger charge is -2.14. The number of aliphatic imine (C=N–C) groups is 1. The molecule has 3 heteroatoms. The summed E-state index contributed by atoms with van der Waals surface area (Å²) in [5.74, 6) is 0.797. The van der Waals surface area contributed by atoms with Crippen molar-refractivity contribution in [3.8, 4) is 0 Å². The molecule has 0 spiro atoms. The molecular formula is C28H25N3. The minimum atomic E-state index is 0.388. The molecule has 152 valence electrons. The number of benzene rings is 4. The third-order valence-corrected chi connectivity index (χ3v) is 5.88. The first kappa shape index (κ1) is 19.1. The molecule has 0 bridgehead atoms. The zero-order valence-corrected chi connectivity index (χ0v) is 17.5. The average molecular weight is 404 g/mol. The van der Waals surface area contributed by atoms with Gasteiger partial charge in [-0.25, -0.2) is 4.99 Å². The van der Waals surface area contributed by atoms with Crippen molar-refractivity contribution in [2.24, 2.45) is 10.7 Å². The third-order valence-electron chi connectivity index (χ3n) is 5.88. The van der Waals surface area contributed by atoms with Crippen LogP contribution in [-0.4, -0.2) is 5.96 Å². The fourth-order valence-corrected chi connectivity index (χ4v) is 4.32. The first-order valence-electron chi connectivity index (χ1n) is 10.7. The van der Waals surface area contributed by atoms with E-state index in [2.05, 4.69) is 97.2 Å². The Kier molecular flexibility index (Phi) is 5.01. The molecule has 1 aliphatic carbocycles. The maximum atomic E-state index is 6.29. The topological polar surface area (TPSA) is 50.4 Å². The molecule has 1 unspecified atom stereocenters. The molecule has 0 saturated carbocycles. The maximum Gasteiger partial charge on any atom is 0.198 e. The van der Waals surface area contributed by atoms with Gasteiger partial charge in [0.05, 0.1) is 5.69 Å². The van der Waals surface area contributed by atoms with E-state index >= 15 is 0 Å². The monoisotopic (exact) mass is 403 g/mol. The maximum absolute atomic E-state index is 6.29. The summed E-state index contributed by atoms with van der Waals surface area (Å²) in [4.78, 5) is 4.69. The van der Waals surface area contributed by atoms with Crippen LogP contribution in [0.25, 0.3) is 22.9 Å². The number of guanidine groups is 1. The van der Waals surface area contributed by atoms with Gasteiger partial charge in [0.2, 0.25) is 0 Å². The van der Waals surface area contributed by atoms with E-state index in [-0.39, 0.29) is 0 Å². The molecule has 0 amide bonds. The minimum Gasteiger partial charge on any atom is -0.369 e. The van der Waals surface area contributed by atoms with Crippen LogP contribution in [0.1, 0.15) is 35.1 Å². The van der Waals surface area contributed by atoms with Crippen LogP contribution in [-0.2, 0) is 6.42 Å². The Morgan fingerprint density at radius 2 is 1.65 bits per heavy atom. The number of hydrogen-bond donors (Lipinski definition) is 2. The highest BCUT2D eigenvalue weighted by atomic mass is 15.1. The molecule has 0 aliphatic heterocycles. The summed E-state index contributed by atoms with van der Waals surface area (Å²) in [5.41, 5.74) is 13.2. The molecule has 5 rings (SSSR count). The van der Waals surface area contributed by atoms with Crippen LogP contribution in [0.4, 0.5) is 11.4 Å². The normalized spacial score (nSPS) is 13.5. The van der Waals surface area contributed by atoms with E-state index in [1.54, 1.807) is 0 Å². The fourth-order valence-electron chi connectivity index (χ4n) is 4.32. The molecule has 3 nitrogen and oxygen atoms in total. The number of rotatable bonds is 5. The molecule has 0 fully saturated rings. The second-order valence-electron chi connectivity index (χ2n) is 8.12. The smallest absolute Gasteiger partial charge is 0.198 e. The van der Waals surface area contributed by atoms with Gasteiger partial charge in [-0.3, -0.25) is 0 Å². The highest BCUT2D eigenvalue weighted by Gasteiger charge is 2.12. The minimum absolute atomic E-state index is 0.388. The van der Waals surface area contributed by atoms with Crippen molar-refractivity contribution >= 4 is 40.3 Å². The van der Waals surface area contributed by atoms with Crippen LogP contribution in [0.15, 0.2) is 89.9 Å². The molecule has 0 aromatic heterocycles. The molecule has 0 heterocycles. The lowest BCUT2D eigenvalue weighted by atomic mass is 9.93. The van der Waals surface area contributed by atoms with Gasteiger partial charge in [0.25, 0.3) is 0 Å². The summed E-state index contributed by atoms with van der Waals surface area (Å²) >= 11 is 0. The van der Waals surface area contributed by atoms with Crippen molar-refractivity contribution in [2.45, 2.75) is 19.3 Å². The van der Waals surface area contributed by atoms with E-state index in [0.29, 0.717) is 11.9 Å². The quantitative estimate of drug-likeness (QED) is 0.252. The van der Waals surface area contributed by atoms with E-state index in [9.17, 15) is 0 Å². The van der Waals surface area contributed by atoms with Crippen LogP contribution in [0.2, 0.25) is 0 Å². The zero-order chi connectivity index (χ0) is 21.2. The Morgan fingerprint density at radius 1 is 0.871 bits per heavy atom. The zero-order valence-electron chi connectivity index (χ0n) is 17.5. The van der Waals surface area contributed by atoms with Gasteiger partial charge < -0.3 is 11.1 Å². The Labute approximate surface area is 183 Å². The van der Waals surface area contributed by atoms with Gasteiger partial charge in [-0.1, -0.05) is 85.8 Å². The second kappa shape index (κ2) is 8.11. The molecular weight excluding hydrogens is 378 g/mol. The standard InChI is InChI=1S/C28H25N3/c1-19(17-20-7-3-2-4-8-20)23-10-5-11-24(18-23)30-28(29)31-26-16-15-22-14-13-21-9-6-12-25(26)27(21)22/h2-16,18-19H,17H2,1H3,(H3,29,30,31). The largest absolute Gasteiger partial charge is 0.369 e. The SMILES string of the molecule is CC(Cc1ccccc1)c1cccc(NC(N)=Nc2ccc3c4c(cccc24)C=C3)c1. The second-order valence-corrected chi connectivity index (χ2v) is 8.12. The lowest BCUT2D eigenvalue weighted by Crippen LogP contribution is -2.22. The molecule has 0 radical (unpaired) electrons. The number of nitrogens with two attached hydrogens (primary N) is 1. The van der Waals surface area contributed by atoms with E-state index < -0.39 is 0 Å². The van der Waals surface area contributed by atoms with Crippen molar-refractivity contribution in [3.05, 3.63) is 107 Å². The predicted molar refractivity (Wildman–Crippen MR) is 133 cm³/mol. The summed E-state index contributed by atoms with van der Waals surface area (Å²) in [7, 11) is 0. The van der Waals surface area contributed by atoms with Crippen LogP contribution in [0.3, 0.4) is 0 Å². The molecule has 4 aromatic rings. The van der Waals surface area contributed by atoms with Crippen LogP contribution < -0.4 is 11.1 Å². The molecule has 1 atom stereocenters. The summed E-state index contributed by atoms with van der Waals surface area (Å²) in [6.45, 7) is 2.25. The van der Waals surface area contributed by atoms with Crippen molar-refractivity contribution in [2.75, 3.05) is 5.32 Å². The Morgan fingerprint density at radius 3 is 2.48 bits per heavy atom. The molecule has 3 N–H and O–H groups in total. The van der Waals surface area contributed by atoms with Gasteiger partial charge in [-0.05, 0) is 58.2 Å². The predicted octanol–water partition coefficient (Wildman–Crippen LogP) is 6.73. The van der Waals surface area contributed by atoms with E-state index in [4.69, 9.17) is 10.7 Å². The van der Waals surface area contributed by atoms with Gasteiger partial charge in [-0.15, -0.1) is 0 Å². The molecule has 31 heavy (non-hydrogen) atoms. The number of nitrogens with zero attached hydrogens (tertiary/aromatic N) is 1. The van der Waals surface area contributed by atoms with Crippen LogP contribution in [0.5, 0.6) is 0 Å². The Balaban J connectivity index is 1.37. The van der Waals surface area contributed by atoms with Crippen molar-refractivity contribution < 1.29 is 0 Å². The molecule has 4 aromatic carbocycles. The summed E-state index contributed by atoms with van der Waals surface area (Å²) in [6.07, 6.45) is 5.30. The van der Waals surface area contributed by atoms with Crippen LogP contribution in [0, 0.1) is 0 Å². The first-order valence-corrected chi connectivity index (χ1v) is 10.7. The fraction of sp³-hybridized carbons (Fsp3) is 0.107. The molecule has 1 aliphatic rings. The van der Waals surface area contributed by atoms with Crippen LogP contribution >= 0.6 is 0 Å². The first-order chi connectivity index (χ1) is 15.2. The number of hydrogen-bond acceptors (Lipinski definition) is 1. The summed E-state index contributed by atoms with van der Waals surface area (Å²) in [5, 5.41) is 5.64. The van der Waals surface area contributed by atoms with Crippen molar-refractivity contribution in [1.82, 2.24) is 0 Å². The van der Waals surface area contributed by atoms with Gasteiger partial charge in [0.1, 0.15) is 0 Å². The van der Waals surface area contributed by atoms with E-state index in [1.807, 2.05) is 12.1 Å². The highest BCUT2D eigenvalue weighted by Crippen LogP contribution is 2.36. The average Bonchev–Trinajstić information content (AvgIpc) is 3.21. The molecule has 0 saturated heterocycles.